The van der Waals surface area contributed by atoms with Gasteiger partial charge in [0.05, 0.1) is 0 Å². The summed E-state index contributed by atoms with van der Waals surface area (Å²) in [7, 11) is 0. The van der Waals surface area contributed by atoms with E-state index in [2.05, 4.69) is 170 Å². The Hall–Kier alpha value is -7.47. The Kier molecular flexibility index (Phi) is 7.27. The van der Waals surface area contributed by atoms with Gasteiger partial charge in [0.15, 0.2) is 17.5 Å². The van der Waals surface area contributed by atoms with Crippen LogP contribution in [0.1, 0.15) is 24.0 Å². The Morgan fingerprint density at radius 2 is 1.12 bits per heavy atom. The van der Waals surface area contributed by atoms with Crippen LogP contribution in [0.15, 0.2) is 180 Å². The van der Waals surface area contributed by atoms with Gasteiger partial charge in [-0.25, -0.2) is 15.0 Å². The third-order valence-electron chi connectivity index (χ3n) is 12.4. The zero-order chi connectivity index (χ0) is 39.3. The van der Waals surface area contributed by atoms with Crippen molar-refractivity contribution in [3.05, 3.63) is 187 Å². The molecule has 0 amide bonds. The van der Waals surface area contributed by atoms with E-state index < -0.39 is 0 Å². The molecule has 13 rings (SSSR count). The molecule has 2 aliphatic rings. The van der Waals surface area contributed by atoms with E-state index in [9.17, 15) is 0 Å². The molecule has 60 heavy (non-hydrogen) atoms. The third kappa shape index (κ3) is 5.00. The van der Waals surface area contributed by atoms with Gasteiger partial charge in [-0.15, -0.1) is 11.3 Å². The van der Waals surface area contributed by atoms with Gasteiger partial charge in [0.25, 0.3) is 0 Å². The van der Waals surface area contributed by atoms with E-state index in [1.54, 1.807) is 11.3 Å². The first kappa shape index (κ1) is 33.5. The summed E-state index contributed by atoms with van der Waals surface area (Å²) in [5.74, 6) is 1.92. The third-order valence-corrected chi connectivity index (χ3v) is 13.5. The number of hydrogen-bond donors (Lipinski definition) is 0. The Morgan fingerprint density at radius 1 is 0.450 bits per heavy atom. The molecule has 0 saturated heterocycles. The van der Waals surface area contributed by atoms with Crippen LogP contribution < -0.4 is 0 Å². The van der Waals surface area contributed by atoms with Crippen molar-refractivity contribution in [3.8, 4) is 56.4 Å². The van der Waals surface area contributed by atoms with Crippen LogP contribution in [0.2, 0.25) is 0 Å². The number of nitrogens with zero attached hydrogens (tertiary/aromatic N) is 3. The highest BCUT2D eigenvalue weighted by Gasteiger charge is 2.31. The molecule has 0 bridgehead atoms. The second-order valence-corrected chi connectivity index (χ2v) is 16.8. The number of rotatable bonds is 5. The summed E-state index contributed by atoms with van der Waals surface area (Å²) >= 11 is 1.80. The number of thiophene rings is 1. The Labute approximate surface area is 349 Å². The first-order valence-corrected chi connectivity index (χ1v) is 21.3. The van der Waals surface area contributed by atoms with Crippen LogP contribution in [0.3, 0.4) is 0 Å². The molecule has 280 valence electrons. The van der Waals surface area contributed by atoms with Crippen LogP contribution in [0.25, 0.3) is 120 Å². The lowest BCUT2D eigenvalue weighted by Gasteiger charge is -2.14. The lowest BCUT2D eigenvalue weighted by Crippen LogP contribution is -2.00. The molecule has 3 aromatic heterocycles. The van der Waals surface area contributed by atoms with Crippen molar-refractivity contribution in [1.29, 1.82) is 0 Å². The Balaban J connectivity index is 1.01. The van der Waals surface area contributed by atoms with E-state index in [1.165, 1.54) is 64.2 Å². The number of benzene rings is 8. The highest BCUT2D eigenvalue weighted by atomic mass is 32.1. The molecule has 5 heteroatoms. The van der Waals surface area contributed by atoms with E-state index in [1.807, 2.05) is 6.07 Å². The molecule has 0 radical (unpaired) electrons. The molecule has 0 unspecified atom stereocenters. The molecular weight excluding hydrogens is 751 g/mol. The van der Waals surface area contributed by atoms with Crippen molar-refractivity contribution in [2.45, 2.75) is 12.8 Å². The Morgan fingerprint density at radius 3 is 2.02 bits per heavy atom. The predicted octanol–water partition coefficient (Wildman–Crippen LogP) is 15.2. The van der Waals surface area contributed by atoms with Crippen LogP contribution >= 0.6 is 11.3 Å². The van der Waals surface area contributed by atoms with Crippen molar-refractivity contribution in [2.24, 2.45) is 0 Å². The average Bonchev–Trinajstić information content (AvgIpc) is 4.00. The minimum Gasteiger partial charge on any atom is -0.455 e. The lowest BCUT2D eigenvalue weighted by molar-refractivity contribution is 0.668. The van der Waals surface area contributed by atoms with Gasteiger partial charge in [-0.05, 0) is 75.9 Å². The summed E-state index contributed by atoms with van der Waals surface area (Å²) in [5, 5.41) is 7.22. The van der Waals surface area contributed by atoms with Gasteiger partial charge in [-0.3, -0.25) is 0 Å². The number of para-hydroxylation sites is 1. The summed E-state index contributed by atoms with van der Waals surface area (Å²) in [4.78, 5) is 15.7. The predicted molar refractivity (Wildman–Crippen MR) is 250 cm³/mol. The van der Waals surface area contributed by atoms with Crippen LogP contribution in [0.5, 0.6) is 0 Å². The summed E-state index contributed by atoms with van der Waals surface area (Å²) in [6.45, 7) is 0. The van der Waals surface area contributed by atoms with E-state index in [-0.39, 0.29) is 0 Å². The topological polar surface area (TPSA) is 51.8 Å². The van der Waals surface area contributed by atoms with Crippen LogP contribution in [-0.2, 0) is 0 Å². The molecule has 8 aromatic carbocycles. The van der Waals surface area contributed by atoms with Crippen molar-refractivity contribution in [1.82, 2.24) is 15.0 Å². The molecule has 0 N–H and O–H groups in total. The molecule has 0 fully saturated rings. The van der Waals surface area contributed by atoms with Gasteiger partial charge >= 0.3 is 0 Å². The Bertz CT molecular complexity index is 3650. The standard InChI is InChI=1S/C55H33N3OS/c1-2-13-32(14-3-1)35-15-10-16-36(31-35)54-56-53(57-55(58-54)43-23-12-26-46-48(43)41-20-7-9-25-45(41)60-46)34-29-27-33(28-30-34)47-42-22-11-21-38-37-17-4-5-18-39(37)50(49(38)42)52-51(47)40-19-6-8-24-44(40)59-52/h1-4,6-17,19-31H,5,18H2. The monoisotopic (exact) mass is 783 g/mol. The van der Waals surface area contributed by atoms with E-state index in [0.717, 1.165) is 62.8 Å². The molecule has 0 saturated carbocycles. The summed E-state index contributed by atoms with van der Waals surface area (Å²) in [5.41, 5.74) is 14.6. The lowest BCUT2D eigenvalue weighted by atomic mass is 9.88. The second-order valence-electron chi connectivity index (χ2n) is 15.7. The largest absolute Gasteiger partial charge is 0.455 e. The minimum atomic E-state index is 0.631. The molecule has 0 spiro atoms. The molecule has 0 aliphatic heterocycles. The number of hydrogen-bond acceptors (Lipinski definition) is 5. The maximum Gasteiger partial charge on any atom is 0.164 e. The maximum absolute atomic E-state index is 6.83. The fourth-order valence-electron chi connectivity index (χ4n) is 9.71. The summed E-state index contributed by atoms with van der Waals surface area (Å²) in [6, 6.07) is 58.1. The van der Waals surface area contributed by atoms with Gasteiger partial charge in [0.2, 0.25) is 0 Å². The molecule has 4 nitrogen and oxygen atoms in total. The smallest absolute Gasteiger partial charge is 0.164 e. The van der Waals surface area contributed by atoms with Crippen LogP contribution in [-0.4, -0.2) is 15.0 Å². The molecule has 0 atom stereocenters. The molecule has 11 aromatic rings. The zero-order valence-electron chi connectivity index (χ0n) is 32.3. The highest BCUT2D eigenvalue weighted by Crippen LogP contribution is 2.54. The average molecular weight is 784 g/mol. The quantitative estimate of drug-likeness (QED) is 0.174. The van der Waals surface area contributed by atoms with Gasteiger partial charge < -0.3 is 4.42 Å². The first-order valence-electron chi connectivity index (χ1n) is 20.5. The second kappa shape index (κ2) is 13.0. The van der Waals surface area contributed by atoms with Gasteiger partial charge in [0.1, 0.15) is 11.2 Å². The molecular formula is C55H33N3OS. The van der Waals surface area contributed by atoms with E-state index in [4.69, 9.17) is 19.4 Å². The number of aromatic nitrogens is 3. The SMILES string of the molecule is C1=CC2=C(CC1)c1c3oc4ccccc4c3c(-c3ccc(-c4nc(-c5cccc(-c6ccccc6)c5)nc(-c5cccc6sc7ccccc7c56)n4)cc3)c3cccc2c13. The van der Waals surface area contributed by atoms with Crippen LogP contribution in [0, 0.1) is 0 Å². The van der Waals surface area contributed by atoms with Crippen molar-refractivity contribution >= 4 is 75.4 Å². The maximum atomic E-state index is 6.83. The number of furan rings is 1. The van der Waals surface area contributed by atoms with Crippen molar-refractivity contribution in [3.63, 3.8) is 0 Å². The van der Waals surface area contributed by atoms with Crippen molar-refractivity contribution in [2.75, 3.05) is 0 Å². The van der Waals surface area contributed by atoms with Crippen LogP contribution in [0.4, 0.5) is 0 Å². The van der Waals surface area contributed by atoms with Gasteiger partial charge in [-0.1, -0.05) is 152 Å². The van der Waals surface area contributed by atoms with Gasteiger partial charge in [-0.2, -0.15) is 0 Å². The molecule has 3 heterocycles. The van der Waals surface area contributed by atoms with E-state index in [0.29, 0.717) is 17.5 Å². The van der Waals surface area contributed by atoms with Crippen molar-refractivity contribution < 1.29 is 4.42 Å². The summed E-state index contributed by atoms with van der Waals surface area (Å²) in [6.07, 6.45) is 6.67. The minimum absolute atomic E-state index is 0.631. The number of allylic oxidation sites excluding steroid dienone is 4. The highest BCUT2D eigenvalue weighted by molar-refractivity contribution is 7.25. The summed E-state index contributed by atoms with van der Waals surface area (Å²) < 4.78 is 9.29. The normalized spacial score (nSPS) is 13.4. The first-order chi connectivity index (χ1) is 29.7. The zero-order valence-corrected chi connectivity index (χ0v) is 33.1. The fraction of sp³-hybridized carbons (Fsp3) is 0.0364. The molecule has 2 aliphatic carbocycles. The fourth-order valence-corrected chi connectivity index (χ4v) is 10.8. The van der Waals surface area contributed by atoms with E-state index >= 15 is 0 Å². The number of fused-ring (bicyclic) bond motifs is 9. The van der Waals surface area contributed by atoms with Gasteiger partial charge in [0, 0.05) is 64.1 Å².